The van der Waals surface area contributed by atoms with Gasteiger partial charge in [-0.05, 0) is 18.3 Å². The molecule has 1 amide bonds. The lowest BCUT2D eigenvalue weighted by molar-refractivity contribution is -0.119. The maximum Gasteiger partial charge on any atom is 0.218 e. The fraction of sp³-hybridized carbons (Fsp3) is 0.714. The lowest BCUT2D eigenvalue weighted by Crippen LogP contribution is -2.20. The molecule has 0 spiro atoms. The molecule has 5 heteroatoms. The van der Waals surface area contributed by atoms with Crippen LogP contribution in [0.15, 0.2) is 0 Å². The highest BCUT2D eigenvalue weighted by molar-refractivity contribution is 8.13. The Kier molecular flexibility index (Phi) is 2.62. The monoisotopic (exact) mass is 187 g/mol. The van der Waals surface area contributed by atoms with Gasteiger partial charge in [0.2, 0.25) is 5.91 Å². The molecule has 4 nitrogen and oxygen atoms in total. The number of amidine groups is 1. The molecule has 1 fully saturated rings. The summed E-state index contributed by atoms with van der Waals surface area (Å²) in [5, 5.41) is 7.13. The number of hydrogen-bond acceptors (Lipinski definition) is 3. The van der Waals surface area contributed by atoms with E-state index in [0.717, 1.165) is 18.6 Å². The maximum absolute atomic E-state index is 10.6. The van der Waals surface area contributed by atoms with Crippen LogP contribution >= 0.6 is 11.8 Å². The number of carbonyl (C=O) groups is 1. The molecule has 1 aliphatic rings. The van der Waals surface area contributed by atoms with Gasteiger partial charge in [-0.2, -0.15) is 0 Å². The summed E-state index contributed by atoms with van der Waals surface area (Å²) in [4.78, 5) is 10.6. The summed E-state index contributed by atoms with van der Waals surface area (Å²) in [6.45, 7) is 0. The van der Waals surface area contributed by atoms with Gasteiger partial charge in [-0.1, -0.05) is 11.8 Å². The van der Waals surface area contributed by atoms with Gasteiger partial charge in [0.15, 0.2) is 5.17 Å². The normalized spacial score (nSPS) is 18.7. The van der Waals surface area contributed by atoms with Gasteiger partial charge >= 0.3 is 0 Å². The molecule has 12 heavy (non-hydrogen) atoms. The summed E-state index contributed by atoms with van der Waals surface area (Å²) >= 11 is 1.30. The minimum absolute atomic E-state index is 0.0716. The molecule has 1 rings (SSSR count). The number of primary amides is 1. The van der Waals surface area contributed by atoms with Crippen molar-refractivity contribution in [2.45, 2.75) is 19.3 Å². The Bertz CT molecular complexity index is 213. The van der Waals surface area contributed by atoms with E-state index in [4.69, 9.17) is 16.9 Å². The van der Waals surface area contributed by atoms with E-state index in [0.29, 0.717) is 6.42 Å². The molecular weight excluding hydrogens is 174 g/mol. The van der Waals surface area contributed by atoms with E-state index < -0.39 is 0 Å². The summed E-state index contributed by atoms with van der Waals surface area (Å²) in [6.07, 6.45) is 2.51. The van der Waals surface area contributed by atoms with Crippen LogP contribution in [0.25, 0.3) is 0 Å². The van der Waals surface area contributed by atoms with Crippen LogP contribution in [0.4, 0.5) is 0 Å². The van der Waals surface area contributed by atoms with E-state index in [2.05, 4.69) is 0 Å². The SMILES string of the molecule is N=C(N)SCC1(CC(N)=O)CC1. The summed E-state index contributed by atoms with van der Waals surface area (Å²) in [5.41, 5.74) is 10.4. The topological polar surface area (TPSA) is 93.0 Å². The first-order valence-electron chi connectivity index (χ1n) is 3.79. The van der Waals surface area contributed by atoms with E-state index in [1.54, 1.807) is 0 Å². The Morgan fingerprint density at radius 3 is 2.42 bits per heavy atom. The van der Waals surface area contributed by atoms with Crippen molar-refractivity contribution in [3.8, 4) is 0 Å². The molecule has 0 aromatic carbocycles. The molecule has 0 bridgehead atoms. The quantitative estimate of drug-likeness (QED) is 0.435. The van der Waals surface area contributed by atoms with Gasteiger partial charge in [-0.15, -0.1) is 0 Å². The number of thioether (sulfide) groups is 1. The Morgan fingerprint density at radius 2 is 2.08 bits per heavy atom. The zero-order valence-electron chi connectivity index (χ0n) is 6.80. The molecule has 0 heterocycles. The average Bonchev–Trinajstić information content (AvgIpc) is 2.64. The number of carbonyl (C=O) groups excluding carboxylic acids is 1. The molecule has 0 aliphatic heterocycles. The Balaban J connectivity index is 2.30. The molecule has 1 saturated carbocycles. The summed E-state index contributed by atoms with van der Waals surface area (Å²) in [5.74, 6) is 0.502. The van der Waals surface area contributed by atoms with Crippen molar-refractivity contribution in [2.24, 2.45) is 16.9 Å². The van der Waals surface area contributed by atoms with Gasteiger partial charge in [-0.3, -0.25) is 10.2 Å². The van der Waals surface area contributed by atoms with Crippen LogP contribution in [0.2, 0.25) is 0 Å². The predicted molar refractivity (Wildman–Crippen MR) is 49.9 cm³/mol. The van der Waals surface area contributed by atoms with Gasteiger partial charge in [0.25, 0.3) is 0 Å². The third kappa shape index (κ3) is 2.73. The molecule has 0 saturated heterocycles. The Hall–Kier alpha value is -0.710. The van der Waals surface area contributed by atoms with E-state index in [1.807, 2.05) is 0 Å². The highest BCUT2D eigenvalue weighted by Crippen LogP contribution is 2.50. The number of nitrogens with two attached hydrogens (primary N) is 2. The van der Waals surface area contributed by atoms with Crippen LogP contribution < -0.4 is 11.5 Å². The smallest absolute Gasteiger partial charge is 0.218 e. The number of hydrogen-bond donors (Lipinski definition) is 3. The second-order valence-corrected chi connectivity index (χ2v) is 4.31. The van der Waals surface area contributed by atoms with Crippen LogP contribution in [0.3, 0.4) is 0 Å². The largest absolute Gasteiger partial charge is 0.379 e. The van der Waals surface area contributed by atoms with Crippen molar-refractivity contribution in [2.75, 3.05) is 5.75 Å². The van der Waals surface area contributed by atoms with Crippen LogP contribution in [0.1, 0.15) is 19.3 Å². The van der Waals surface area contributed by atoms with E-state index in [1.165, 1.54) is 11.8 Å². The molecule has 0 aromatic heterocycles. The van der Waals surface area contributed by atoms with Gasteiger partial charge in [0.1, 0.15) is 0 Å². The first-order chi connectivity index (χ1) is 5.54. The van der Waals surface area contributed by atoms with Gasteiger partial charge in [-0.25, -0.2) is 0 Å². The highest BCUT2D eigenvalue weighted by Gasteiger charge is 2.43. The average molecular weight is 187 g/mol. The zero-order chi connectivity index (χ0) is 9.19. The first-order valence-corrected chi connectivity index (χ1v) is 4.78. The van der Waals surface area contributed by atoms with Crippen molar-refractivity contribution in [3.63, 3.8) is 0 Å². The molecule has 0 unspecified atom stereocenters. The summed E-state index contributed by atoms with van der Waals surface area (Å²) in [6, 6.07) is 0. The van der Waals surface area contributed by atoms with Crippen LogP contribution in [0.5, 0.6) is 0 Å². The van der Waals surface area contributed by atoms with Crippen LogP contribution in [-0.4, -0.2) is 16.8 Å². The zero-order valence-corrected chi connectivity index (χ0v) is 7.62. The summed E-state index contributed by atoms with van der Waals surface area (Å²) < 4.78 is 0. The molecule has 0 radical (unpaired) electrons. The van der Waals surface area contributed by atoms with Crippen molar-refractivity contribution in [3.05, 3.63) is 0 Å². The van der Waals surface area contributed by atoms with E-state index in [-0.39, 0.29) is 16.5 Å². The molecule has 5 N–H and O–H groups in total. The van der Waals surface area contributed by atoms with Crippen molar-refractivity contribution in [1.82, 2.24) is 0 Å². The van der Waals surface area contributed by atoms with Crippen molar-refractivity contribution in [1.29, 1.82) is 5.41 Å². The van der Waals surface area contributed by atoms with E-state index in [9.17, 15) is 4.79 Å². The lowest BCUT2D eigenvalue weighted by Gasteiger charge is -2.10. The fourth-order valence-corrected chi connectivity index (χ4v) is 2.00. The minimum atomic E-state index is -0.253. The third-order valence-electron chi connectivity index (χ3n) is 2.04. The highest BCUT2D eigenvalue weighted by atomic mass is 32.2. The van der Waals surface area contributed by atoms with Crippen LogP contribution in [0, 0.1) is 10.8 Å². The third-order valence-corrected chi connectivity index (χ3v) is 3.11. The Labute approximate surface area is 75.6 Å². The second kappa shape index (κ2) is 3.35. The number of nitrogens with one attached hydrogen (secondary N) is 1. The predicted octanol–water partition coefficient (Wildman–Crippen LogP) is 0.269. The number of rotatable bonds is 4. The lowest BCUT2D eigenvalue weighted by atomic mass is 10.1. The van der Waals surface area contributed by atoms with Crippen molar-refractivity contribution < 1.29 is 4.79 Å². The standard InChI is InChI=1S/C7H13N3OS/c8-5(11)3-7(1-2-7)4-12-6(9)10/h1-4H2,(H2,8,11)(H3,9,10). The minimum Gasteiger partial charge on any atom is -0.379 e. The van der Waals surface area contributed by atoms with Gasteiger partial charge in [0, 0.05) is 12.2 Å². The van der Waals surface area contributed by atoms with Gasteiger partial charge < -0.3 is 11.5 Å². The fourth-order valence-electron chi connectivity index (χ4n) is 1.15. The first kappa shape index (κ1) is 9.38. The molecule has 68 valence electrons. The molecule has 0 atom stereocenters. The maximum atomic E-state index is 10.6. The van der Waals surface area contributed by atoms with E-state index >= 15 is 0 Å². The summed E-state index contributed by atoms with van der Waals surface area (Å²) in [7, 11) is 0. The van der Waals surface area contributed by atoms with Crippen molar-refractivity contribution >= 4 is 22.8 Å². The molecule has 1 aliphatic carbocycles. The second-order valence-electron chi connectivity index (χ2n) is 3.30. The molecule has 0 aromatic rings. The number of amides is 1. The Morgan fingerprint density at radius 1 is 1.50 bits per heavy atom. The molecular formula is C7H13N3OS. The van der Waals surface area contributed by atoms with Gasteiger partial charge in [0.05, 0.1) is 0 Å². The van der Waals surface area contributed by atoms with Crippen LogP contribution in [-0.2, 0) is 4.79 Å².